The van der Waals surface area contributed by atoms with Crippen molar-refractivity contribution < 1.29 is 22.3 Å². The topological polar surface area (TPSA) is 47.0 Å². The highest BCUT2D eigenvalue weighted by Crippen LogP contribution is 2.22. The van der Waals surface area contributed by atoms with Crippen LogP contribution in [0.3, 0.4) is 0 Å². The van der Waals surface area contributed by atoms with Gasteiger partial charge in [-0.3, -0.25) is 0 Å². The van der Waals surface area contributed by atoms with Gasteiger partial charge in [-0.15, -0.1) is 0 Å². The fraction of sp³-hybridized carbons (Fsp3) is 0.176. The van der Waals surface area contributed by atoms with E-state index in [2.05, 4.69) is 15.3 Å². The standard InChI is InChI=1S/C17H13F4N3O/c18-12-4-5-15-14(7-12)16(24-10-23-15)22-8-11-2-1-3-13(6-11)25-9-17(19,20)21/h1-7,10H,8-9H2,(H,22,23,24). The number of anilines is 1. The predicted molar refractivity (Wildman–Crippen MR) is 84.8 cm³/mol. The molecule has 3 rings (SSSR count). The van der Waals surface area contributed by atoms with E-state index in [1.165, 1.54) is 30.6 Å². The second-order valence-electron chi connectivity index (χ2n) is 5.29. The Balaban J connectivity index is 1.73. The summed E-state index contributed by atoms with van der Waals surface area (Å²) in [5.74, 6) is 0.147. The van der Waals surface area contributed by atoms with E-state index in [4.69, 9.17) is 4.74 Å². The molecule has 0 saturated heterocycles. The van der Waals surface area contributed by atoms with Gasteiger partial charge < -0.3 is 10.1 Å². The molecule has 0 aliphatic carbocycles. The number of nitrogens with one attached hydrogen (secondary N) is 1. The molecular weight excluding hydrogens is 338 g/mol. The van der Waals surface area contributed by atoms with Crippen LogP contribution >= 0.6 is 0 Å². The van der Waals surface area contributed by atoms with Crippen molar-refractivity contribution in [3.63, 3.8) is 0 Å². The number of hydrogen-bond acceptors (Lipinski definition) is 4. The summed E-state index contributed by atoms with van der Waals surface area (Å²) in [7, 11) is 0. The Morgan fingerprint density at radius 3 is 2.68 bits per heavy atom. The van der Waals surface area contributed by atoms with Gasteiger partial charge in [0.25, 0.3) is 0 Å². The third-order valence-corrected chi connectivity index (χ3v) is 3.36. The van der Waals surface area contributed by atoms with Gasteiger partial charge >= 0.3 is 6.18 Å². The summed E-state index contributed by atoms with van der Waals surface area (Å²) in [5.41, 5.74) is 1.28. The lowest BCUT2D eigenvalue weighted by Gasteiger charge is -2.11. The van der Waals surface area contributed by atoms with Crippen molar-refractivity contribution in [2.45, 2.75) is 12.7 Å². The van der Waals surface area contributed by atoms with Crippen LogP contribution in [0.25, 0.3) is 10.9 Å². The molecule has 3 aromatic rings. The Labute approximate surface area is 140 Å². The van der Waals surface area contributed by atoms with Crippen LogP contribution in [0.4, 0.5) is 23.4 Å². The fourth-order valence-corrected chi connectivity index (χ4v) is 2.27. The molecule has 0 fully saturated rings. The van der Waals surface area contributed by atoms with E-state index >= 15 is 0 Å². The molecule has 2 aromatic carbocycles. The molecule has 1 aromatic heterocycles. The van der Waals surface area contributed by atoms with Crippen LogP contribution in [0, 0.1) is 5.82 Å². The maximum Gasteiger partial charge on any atom is 0.422 e. The molecule has 0 radical (unpaired) electrons. The highest BCUT2D eigenvalue weighted by atomic mass is 19.4. The van der Waals surface area contributed by atoms with Gasteiger partial charge in [-0.2, -0.15) is 13.2 Å². The first kappa shape index (κ1) is 16.9. The minimum atomic E-state index is -4.39. The zero-order chi connectivity index (χ0) is 17.9. The molecule has 0 atom stereocenters. The molecular formula is C17H13F4N3O. The third kappa shape index (κ3) is 4.56. The fourth-order valence-electron chi connectivity index (χ4n) is 2.27. The zero-order valence-electron chi connectivity index (χ0n) is 12.8. The van der Waals surface area contributed by atoms with Gasteiger partial charge in [-0.05, 0) is 35.9 Å². The van der Waals surface area contributed by atoms with Crippen LogP contribution in [-0.2, 0) is 6.54 Å². The molecule has 0 bridgehead atoms. The molecule has 0 aliphatic rings. The summed E-state index contributed by atoms with van der Waals surface area (Å²) in [5, 5.41) is 3.56. The summed E-state index contributed by atoms with van der Waals surface area (Å²) in [6.45, 7) is -1.06. The molecule has 8 heteroatoms. The number of aromatic nitrogens is 2. The summed E-state index contributed by atoms with van der Waals surface area (Å²) in [6, 6.07) is 10.5. The Morgan fingerprint density at radius 1 is 1.04 bits per heavy atom. The van der Waals surface area contributed by atoms with Crippen molar-refractivity contribution in [3.05, 3.63) is 60.2 Å². The third-order valence-electron chi connectivity index (χ3n) is 3.36. The molecule has 25 heavy (non-hydrogen) atoms. The van der Waals surface area contributed by atoms with Crippen LogP contribution in [0.2, 0.25) is 0 Å². The first-order valence-corrected chi connectivity index (χ1v) is 7.33. The predicted octanol–water partition coefficient (Wildman–Crippen LogP) is 4.32. The van der Waals surface area contributed by atoms with Gasteiger partial charge in [0.2, 0.25) is 0 Å². The first-order valence-electron chi connectivity index (χ1n) is 7.33. The van der Waals surface area contributed by atoms with Crippen LogP contribution in [0.1, 0.15) is 5.56 Å². The molecule has 0 unspecified atom stereocenters. The van der Waals surface area contributed by atoms with E-state index in [1.807, 2.05) is 0 Å². The monoisotopic (exact) mass is 351 g/mol. The molecule has 0 saturated carbocycles. The van der Waals surface area contributed by atoms with Crippen molar-refractivity contribution in [2.75, 3.05) is 11.9 Å². The lowest BCUT2D eigenvalue weighted by molar-refractivity contribution is -0.153. The smallest absolute Gasteiger partial charge is 0.422 e. The molecule has 0 spiro atoms. The Morgan fingerprint density at radius 2 is 1.88 bits per heavy atom. The van der Waals surface area contributed by atoms with Crippen molar-refractivity contribution in [3.8, 4) is 5.75 Å². The van der Waals surface area contributed by atoms with Crippen molar-refractivity contribution in [1.82, 2.24) is 9.97 Å². The molecule has 0 aliphatic heterocycles. The Hall–Kier alpha value is -2.90. The maximum atomic E-state index is 13.4. The normalized spacial score (nSPS) is 11.5. The zero-order valence-corrected chi connectivity index (χ0v) is 12.8. The second kappa shape index (κ2) is 6.92. The van der Waals surface area contributed by atoms with Gasteiger partial charge in [0, 0.05) is 11.9 Å². The van der Waals surface area contributed by atoms with E-state index in [-0.39, 0.29) is 12.3 Å². The largest absolute Gasteiger partial charge is 0.484 e. The molecule has 130 valence electrons. The molecule has 1 N–H and O–H groups in total. The summed E-state index contributed by atoms with van der Waals surface area (Å²) in [4.78, 5) is 8.14. The summed E-state index contributed by atoms with van der Waals surface area (Å²) < 4.78 is 54.8. The van der Waals surface area contributed by atoms with Gasteiger partial charge in [0.1, 0.15) is 23.7 Å². The second-order valence-corrected chi connectivity index (χ2v) is 5.29. The average Bonchev–Trinajstić information content (AvgIpc) is 2.58. The molecule has 1 heterocycles. The Kier molecular flexibility index (Phi) is 4.69. The lowest BCUT2D eigenvalue weighted by atomic mass is 10.2. The van der Waals surface area contributed by atoms with Crippen molar-refractivity contribution in [2.24, 2.45) is 0 Å². The minimum Gasteiger partial charge on any atom is -0.484 e. The summed E-state index contributed by atoms with van der Waals surface area (Å²) >= 11 is 0. The number of alkyl halides is 3. The molecule has 4 nitrogen and oxygen atoms in total. The first-order chi connectivity index (χ1) is 11.9. The number of fused-ring (bicyclic) bond motifs is 1. The van der Waals surface area contributed by atoms with Crippen LogP contribution in [-0.4, -0.2) is 22.8 Å². The number of nitrogens with zero attached hydrogens (tertiary/aromatic N) is 2. The van der Waals surface area contributed by atoms with Crippen LogP contribution in [0.15, 0.2) is 48.8 Å². The van der Waals surface area contributed by atoms with Gasteiger partial charge in [0.05, 0.1) is 5.52 Å². The number of hydrogen-bond donors (Lipinski definition) is 1. The number of benzene rings is 2. The quantitative estimate of drug-likeness (QED) is 0.696. The van der Waals surface area contributed by atoms with Gasteiger partial charge in [-0.1, -0.05) is 12.1 Å². The highest BCUT2D eigenvalue weighted by molar-refractivity contribution is 5.88. The van der Waals surface area contributed by atoms with Crippen molar-refractivity contribution >= 4 is 16.7 Å². The van der Waals surface area contributed by atoms with E-state index in [0.717, 1.165) is 0 Å². The van der Waals surface area contributed by atoms with E-state index in [9.17, 15) is 17.6 Å². The maximum absolute atomic E-state index is 13.4. The van der Waals surface area contributed by atoms with Gasteiger partial charge in [0.15, 0.2) is 6.61 Å². The van der Waals surface area contributed by atoms with Gasteiger partial charge in [-0.25, -0.2) is 14.4 Å². The van der Waals surface area contributed by atoms with E-state index in [0.29, 0.717) is 22.3 Å². The number of ether oxygens (including phenoxy) is 1. The van der Waals surface area contributed by atoms with Crippen LogP contribution in [0.5, 0.6) is 5.75 Å². The minimum absolute atomic E-state index is 0.121. The number of halogens is 4. The van der Waals surface area contributed by atoms with Crippen LogP contribution < -0.4 is 10.1 Å². The Bertz CT molecular complexity index is 883. The van der Waals surface area contributed by atoms with Crippen molar-refractivity contribution in [1.29, 1.82) is 0 Å². The lowest BCUT2D eigenvalue weighted by Crippen LogP contribution is -2.19. The SMILES string of the molecule is Fc1ccc2ncnc(NCc3cccc(OCC(F)(F)F)c3)c2c1. The molecule has 0 amide bonds. The average molecular weight is 351 g/mol. The number of rotatable bonds is 5. The highest BCUT2D eigenvalue weighted by Gasteiger charge is 2.28. The van der Waals surface area contributed by atoms with E-state index < -0.39 is 18.6 Å². The summed E-state index contributed by atoms with van der Waals surface area (Å²) in [6.07, 6.45) is -3.04. The van der Waals surface area contributed by atoms with E-state index in [1.54, 1.807) is 18.2 Å².